The van der Waals surface area contributed by atoms with Crippen LogP contribution in [0.3, 0.4) is 0 Å². The van der Waals surface area contributed by atoms with Crippen LogP contribution in [0.15, 0.2) is 36.4 Å². The Hall–Kier alpha value is -4.15. The molecule has 0 unspecified atom stereocenters. The summed E-state index contributed by atoms with van der Waals surface area (Å²) in [6.07, 6.45) is 3.54. The number of amides is 1. The molecule has 0 aliphatic carbocycles. The van der Waals surface area contributed by atoms with Crippen molar-refractivity contribution in [1.29, 1.82) is 0 Å². The lowest BCUT2D eigenvalue weighted by atomic mass is 10.0. The quantitative estimate of drug-likeness (QED) is 0.354. The van der Waals surface area contributed by atoms with Crippen molar-refractivity contribution in [2.75, 3.05) is 24.5 Å². The molecule has 2 aromatic carbocycles. The monoisotopic (exact) mass is 509 g/mol. The number of rotatable bonds is 5. The molecule has 5 rings (SSSR count). The van der Waals surface area contributed by atoms with Gasteiger partial charge in [-0.15, -0.1) is 0 Å². The van der Waals surface area contributed by atoms with Gasteiger partial charge in [-0.2, -0.15) is 4.98 Å². The normalized spacial score (nSPS) is 15.3. The summed E-state index contributed by atoms with van der Waals surface area (Å²) >= 11 is 0. The van der Waals surface area contributed by atoms with Gasteiger partial charge < -0.3 is 14.5 Å². The second-order valence-corrected chi connectivity index (χ2v) is 9.21. The Labute approximate surface area is 211 Å². The van der Waals surface area contributed by atoms with Crippen LogP contribution in [-0.4, -0.2) is 45.3 Å². The van der Waals surface area contributed by atoms with Crippen molar-refractivity contribution in [3.8, 4) is 11.6 Å². The van der Waals surface area contributed by atoms with Crippen LogP contribution in [-0.2, 0) is 13.0 Å². The molecule has 11 heteroatoms. The fourth-order valence-corrected chi connectivity index (χ4v) is 4.65. The molecular weight excluding hydrogens is 484 g/mol. The van der Waals surface area contributed by atoms with E-state index >= 15 is 0 Å². The van der Waals surface area contributed by atoms with E-state index in [0.29, 0.717) is 35.7 Å². The number of halogens is 2. The van der Waals surface area contributed by atoms with Crippen molar-refractivity contribution in [1.82, 2.24) is 14.9 Å². The van der Waals surface area contributed by atoms with E-state index in [2.05, 4.69) is 9.88 Å². The van der Waals surface area contributed by atoms with Crippen molar-refractivity contribution < 1.29 is 23.2 Å². The number of anilines is 1. The van der Waals surface area contributed by atoms with Crippen LogP contribution in [0.2, 0.25) is 0 Å². The molecule has 3 aromatic rings. The molecule has 37 heavy (non-hydrogen) atoms. The average molecular weight is 510 g/mol. The third-order valence-electron chi connectivity index (χ3n) is 6.69. The zero-order chi connectivity index (χ0) is 26.1. The fourth-order valence-electron chi connectivity index (χ4n) is 4.65. The van der Waals surface area contributed by atoms with Crippen LogP contribution >= 0.6 is 0 Å². The molecule has 1 saturated heterocycles. The minimum absolute atomic E-state index is 0.0776. The predicted octanol–water partition coefficient (Wildman–Crippen LogP) is 4.95. The van der Waals surface area contributed by atoms with Gasteiger partial charge in [0.2, 0.25) is 11.8 Å². The van der Waals surface area contributed by atoms with Crippen LogP contribution in [0.1, 0.15) is 46.4 Å². The number of nitro benzene ring substituents is 1. The highest BCUT2D eigenvalue weighted by Gasteiger charge is 2.30. The van der Waals surface area contributed by atoms with Gasteiger partial charge in [-0.3, -0.25) is 14.9 Å². The molecule has 0 radical (unpaired) electrons. The van der Waals surface area contributed by atoms with Gasteiger partial charge in [-0.25, -0.2) is 13.8 Å². The summed E-state index contributed by atoms with van der Waals surface area (Å²) in [4.78, 5) is 37.0. The predicted molar refractivity (Wildman–Crippen MR) is 131 cm³/mol. The van der Waals surface area contributed by atoms with Crippen molar-refractivity contribution in [3.05, 3.63) is 80.5 Å². The Balaban J connectivity index is 1.49. The van der Waals surface area contributed by atoms with Gasteiger partial charge in [0.15, 0.2) is 11.6 Å². The van der Waals surface area contributed by atoms with E-state index in [0.717, 1.165) is 44.5 Å². The van der Waals surface area contributed by atoms with Crippen LogP contribution in [0.4, 0.5) is 20.4 Å². The topological polar surface area (TPSA) is 102 Å². The average Bonchev–Trinajstić information content (AvgIpc) is 2.90. The highest BCUT2D eigenvalue weighted by Crippen LogP contribution is 2.34. The molecule has 0 N–H and O–H groups in total. The van der Waals surface area contributed by atoms with Crippen molar-refractivity contribution >= 4 is 17.5 Å². The zero-order valence-electron chi connectivity index (χ0n) is 20.2. The van der Waals surface area contributed by atoms with Gasteiger partial charge in [0.05, 0.1) is 22.7 Å². The maximum atomic E-state index is 14.4. The van der Waals surface area contributed by atoms with E-state index in [9.17, 15) is 23.7 Å². The number of benzene rings is 2. The summed E-state index contributed by atoms with van der Waals surface area (Å²) in [6, 6.07) is 7.39. The maximum absolute atomic E-state index is 14.4. The third-order valence-corrected chi connectivity index (χ3v) is 6.69. The molecule has 0 bridgehead atoms. The summed E-state index contributed by atoms with van der Waals surface area (Å²) in [6.45, 7) is 3.61. The number of ether oxygens (including phenoxy) is 1. The van der Waals surface area contributed by atoms with Gasteiger partial charge in [-0.05, 0) is 44.4 Å². The first kappa shape index (κ1) is 24.5. The Morgan fingerprint density at radius 2 is 1.84 bits per heavy atom. The highest BCUT2D eigenvalue weighted by molar-refractivity contribution is 5.95. The Morgan fingerprint density at radius 3 is 2.57 bits per heavy atom. The minimum atomic E-state index is -0.873. The first-order valence-electron chi connectivity index (χ1n) is 12.1. The molecule has 192 valence electrons. The number of carbonyl (C=O) groups is 1. The van der Waals surface area contributed by atoms with Gasteiger partial charge in [-0.1, -0.05) is 6.07 Å². The fraction of sp³-hybridized carbons (Fsp3) is 0.346. The summed E-state index contributed by atoms with van der Waals surface area (Å²) in [7, 11) is 0. The van der Waals surface area contributed by atoms with E-state index in [1.165, 1.54) is 17.0 Å². The second kappa shape index (κ2) is 10.1. The standard InChI is InChI=1S/C26H25F2N5O4/c1-16-5-6-17(13-22(16)33(35)36)25(34)32-12-9-21-19(15-32)24(37-23-8-7-18(27)14-20(23)28)30-26(29-21)31-10-3-2-4-11-31/h5-8,13-14H,2-4,9-12,15H2,1H3. The SMILES string of the molecule is Cc1ccc(C(=O)N2CCc3nc(N4CCCCC4)nc(Oc4ccc(F)cc4F)c3C2)cc1[N+](=O)[O-]. The number of aromatic nitrogens is 2. The van der Waals surface area contributed by atoms with Crippen LogP contribution in [0, 0.1) is 28.7 Å². The smallest absolute Gasteiger partial charge is 0.273 e. The first-order valence-corrected chi connectivity index (χ1v) is 12.1. The molecule has 2 aliphatic heterocycles. The molecular formula is C26H25F2N5O4. The molecule has 3 heterocycles. The maximum Gasteiger partial charge on any atom is 0.273 e. The number of hydrogen-bond acceptors (Lipinski definition) is 7. The first-order chi connectivity index (χ1) is 17.8. The lowest BCUT2D eigenvalue weighted by molar-refractivity contribution is -0.385. The van der Waals surface area contributed by atoms with Gasteiger partial charge in [0.25, 0.3) is 11.6 Å². The number of nitro groups is 1. The molecule has 0 atom stereocenters. The third kappa shape index (κ3) is 5.07. The number of fused-ring (bicyclic) bond motifs is 1. The molecule has 2 aliphatic rings. The molecule has 1 fully saturated rings. The largest absolute Gasteiger partial charge is 0.435 e. The second-order valence-electron chi connectivity index (χ2n) is 9.21. The van der Waals surface area contributed by atoms with E-state index in [4.69, 9.17) is 9.72 Å². The summed E-state index contributed by atoms with van der Waals surface area (Å²) in [5, 5.41) is 11.4. The molecule has 0 spiro atoms. The van der Waals surface area contributed by atoms with E-state index < -0.39 is 16.6 Å². The summed E-state index contributed by atoms with van der Waals surface area (Å²) in [5.74, 6) is -1.60. The van der Waals surface area contributed by atoms with Crippen LogP contribution in [0.5, 0.6) is 11.6 Å². The number of hydrogen-bond donors (Lipinski definition) is 0. The number of aryl methyl sites for hydroxylation is 1. The lowest BCUT2D eigenvalue weighted by Gasteiger charge is -2.32. The molecule has 9 nitrogen and oxygen atoms in total. The number of piperidine rings is 1. The minimum Gasteiger partial charge on any atom is -0.435 e. The lowest BCUT2D eigenvalue weighted by Crippen LogP contribution is -2.37. The number of carbonyl (C=O) groups excluding carboxylic acids is 1. The Bertz CT molecular complexity index is 1380. The van der Waals surface area contributed by atoms with Crippen molar-refractivity contribution in [2.45, 2.75) is 39.2 Å². The Morgan fingerprint density at radius 1 is 1.05 bits per heavy atom. The van der Waals surface area contributed by atoms with Crippen LogP contribution < -0.4 is 9.64 Å². The van der Waals surface area contributed by atoms with E-state index in [1.54, 1.807) is 19.1 Å². The van der Waals surface area contributed by atoms with E-state index in [1.807, 2.05) is 0 Å². The number of nitrogens with zero attached hydrogens (tertiary/aromatic N) is 5. The molecule has 0 saturated carbocycles. The van der Waals surface area contributed by atoms with E-state index in [-0.39, 0.29) is 35.3 Å². The summed E-state index contributed by atoms with van der Waals surface area (Å²) in [5.41, 5.74) is 1.73. The van der Waals surface area contributed by atoms with Crippen molar-refractivity contribution in [2.24, 2.45) is 0 Å². The van der Waals surface area contributed by atoms with Crippen LogP contribution in [0.25, 0.3) is 0 Å². The van der Waals surface area contributed by atoms with Gasteiger partial charge in [0.1, 0.15) is 5.82 Å². The highest BCUT2D eigenvalue weighted by atomic mass is 19.1. The Kier molecular flexibility index (Phi) is 6.68. The van der Waals surface area contributed by atoms with Gasteiger partial charge >= 0.3 is 0 Å². The molecule has 1 amide bonds. The van der Waals surface area contributed by atoms with Gasteiger partial charge in [0, 0.05) is 49.3 Å². The van der Waals surface area contributed by atoms with Crippen molar-refractivity contribution in [3.63, 3.8) is 0 Å². The molecule has 1 aromatic heterocycles. The summed E-state index contributed by atoms with van der Waals surface area (Å²) < 4.78 is 33.8. The zero-order valence-corrected chi connectivity index (χ0v) is 20.2.